The van der Waals surface area contributed by atoms with Gasteiger partial charge in [0.15, 0.2) is 0 Å². The van der Waals surface area contributed by atoms with E-state index in [4.69, 9.17) is 0 Å². The molecule has 0 spiro atoms. The van der Waals surface area contributed by atoms with E-state index in [-0.39, 0.29) is 0 Å². The quantitative estimate of drug-likeness (QED) is 0.355. The zero-order chi connectivity index (χ0) is 23.5. The zero-order valence-corrected chi connectivity index (χ0v) is 20.2. The summed E-state index contributed by atoms with van der Waals surface area (Å²) in [4.78, 5) is 0. The third-order valence-electron chi connectivity index (χ3n) is 4.14. The second kappa shape index (κ2) is 17.8. The Morgan fingerprint density at radius 1 is 0.935 bits per heavy atom. The third kappa shape index (κ3) is 13.7. The molecule has 0 amide bonds. The molecule has 1 rings (SSSR count). The molecule has 0 saturated carbocycles. The smallest absolute Gasteiger partial charge is 0.0378 e. The highest BCUT2D eigenvalue weighted by Gasteiger charge is 1.95. The lowest BCUT2D eigenvalue weighted by atomic mass is 10.1. The molecular weight excluding hydrogens is 374 g/mol. The van der Waals surface area contributed by atoms with Crippen molar-refractivity contribution in [2.24, 2.45) is 0 Å². The molecule has 166 valence electrons. The van der Waals surface area contributed by atoms with Gasteiger partial charge >= 0.3 is 0 Å². The van der Waals surface area contributed by atoms with Gasteiger partial charge in [-0.3, -0.25) is 0 Å². The highest BCUT2D eigenvalue weighted by Crippen LogP contribution is 2.13. The summed E-state index contributed by atoms with van der Waals surface area (Å²) in [6.45, 7) is 22.4. The number of hydrogen-bond donors (Lipinski definition) is 1. The summed E-state index contributed by atoms with van der Waals surface area (Å²) in [5.74, 6) is 0. The lowest BCUT2D eigenvalue weighted by Gasteiger charge is -2.07. The van der Waals surface area contributed by atoms with Crippen LogP contribution in [0.2, 0.25) is 0 Å². The van der Waals surface area contributed by atoms with Gasteiger partial charge < -0.3 is 5.32 Å². The van der Waals surface area contributed by atoms with Gasteiger partial charge in [-0.15, -0.1) is 0 Å². The van der Waals surface area contributed by atoms with Crippen LogP contribution in [0.3, 0.4) is 0 Å². The van der Waals surface area contributed by atoms with Crippen molar-refractivity contribution >= 4 is 5.57 Å². The molecule has 0 aromatic heterocycles. The van der Waals surface area contributed by atoms with Gasteiger partial charge in [0, 0.05) is 11.4 Å². The Labute approximate surface area is 191 Å². The molecule has 1 N–H and O–H groups in total. The van der Waals surface area contributed by atoms with E-state index >= 15 is 0 Å². The van der Waals surface area contributed by atoms with Crippen molar-refractivity contribution in [3.8, 4) is 0 Å². The van der Waals surface area contributed by atoms with Gasteiger partial charge in [0.2, 0.25) is 0 Å². The normalized spacial score (nSPS) is 12.8. The van der Waals surface area contributed by atoms with Crippen molar-refractivity contribution < 1.29 is 0 Å². The number of nitrogens with one attached hydrogen (secondary N) is 1. The van der Waals surface area contributed by atoms with E-state index in [0.717, 1.165) is 29.8 Å². The Balaban J connectivity index is 0.00000282. The minimum atomic E-state index is 0.820. The van der Waals surface area contributed by atoms with Gasteiger partial charge in [-0.1, -0.05) is 114 Å². The van der Waals surface area contributed by atoms with E-state index < -0.39 is 0 Å². The summed E-state index contributed by atoms with van der Waals surface area (Å²) in [5.41, 5.74) is 6.52. The molecule has 0 atom stereocenters. The highest BCUT2D eigenvalue weighted by atomic mass is 14.9. The SMILES string of the molecule is C=C/C(=C/C=C(\C=C)NC(=C)/C=C(C)/C=C\C=C(/C)c1ccccc1)CCC.CCC. The van der Waals surface area contributed by atoms with Crippen LogP contribution in [-0.2, 0) is 0 Å². The second-order valence-corrected chi connectivity index (χ2v) is 7.34. The van der Waals surface area contributed by atoms with E-state index in [1.807, 2.05) is 24.3 Å². The van der Waals surface area contributed by atoms with E-state index in [9.17, 15) is 0 Å². The summed E-state index contributed by atoms with van der Waals surface area (Å²) in [5, 5.41) is 3.29. The van der Waals surface area contributed by atoms with Crippen molar-refractivity contribution in [2.75, 3.05) is 0 Å². The summed E-state index contributed by atoms with van der Waals surface area (Å²) in [6, 6.07) is 10.4. The molecule has 0 bridgehead atoms. The fourth-order valence-corrected chi connectivity index (χ4v) is 2.59. The first-order valence-electron chi connectivity index (χ1n) is 11.1. The van der Waals surface area contributed by atoms with Gasteiger partial charge in [-0.05, 0) is 60.8 Å². The first-order chi connectivity index (χ1) is 14.9. The number of benzene rings is 1. The number of rotatable bonds is 11. The van der Waals surface area contributed by atoms with Gasteiger partial charge in [0.05, 0.1) is 0 Å². The summed E-state index contributed by atoms with van der Waals surface area (Å²) in [7, 11) is 0. The first-order valence-corrected chi connectivity index (χ1v) is 11.1. The van der Waals surface area contributed by atoms with E-state index in [1.165, 1.54) is 23.1 Å². The van der Waals surface area contributed by atoms with E-state index in [1.54, 1.807) is 6.08 Å². The average Bonchev–Trinajstić information content (AvgIpc) is 2.76. The van der Waals surface area contributed by atoms with E-state index in [0.29, 0.717) is 0 Å². The molecule has 0 unspecified atom stereocenters. The van der Waals surface area contributed by atoms with Crippen molar-refractivity contribution in [3.05, 3.63) is 127 Å². The lowest BCUT2D eigenvalue weighted by molar-refractivity contribution is 0.926. The molecule has 1 aromatic rings. The van der Waals surface area contributed by atoms with Crippen molar-refractivity contribution in [3.63, 3.8) is 0 Å². The zero-order valence-electron chi connectivity index (χ0n) is 20.2. The predicted molar refractivity (Wildman–Crippen MR) is 143 cm³/mol. The largest absolute Gasteiger partial charge is 0.356 e. The average molecular weight is 416 g/mol. The minimum absolute atomic E-state index is 0.820. The van der Waals surface area contributed by atoms with Gasteiger partial charge in [0.1, 0.15) is 0 Å². The van der Waals surface area contributed by atoms with Crippen LogP contribution >= 0.6 is 0 Å². The highest BCUT2D eigenvalue weighted by molar-refractivity contribution is 5.65. The predicted octanol–water partition coefficient (Wildman–Crippen LogP) is 9.09. The van der Waals surface area contributed by atoms with Crippen LogP contribution in [0.25, 0.3) is 5.57 Å². The maximum Gasteiger partial charge on any atom is 0.0378 e. The van der Waals surface area contributed by atoms with Crippen LogP contribution in [0.15, 0.2) is 121 Å². The summed E-state index contributed by atoms with van der Waals surface area (Å²) < 4.78 is 0. The summed E-state index contributed by atoms with van der Waals surface area (Å²) >= 11 is 0. The van der Waals surface area contributed by atoms with Gasteiger partial charge in [0.25, 0.3) is 0 Å². The monoisotopic (exact) mass is 415 g/mol. The van der Waals surface area contributed by atoms with Crippen LogP contribution in [0, 0.1) is 0 Å². The molecule has 0 fully saturated rings. The lowest BCUT2D eigenvalue weighted by Crippen LogP contribution is -2.08. The molecule has 0 heterocycles. The van der Waals surface area contributed by atoms with Gasteiger partial charge in [-0.2, -0.15) is 0 Å². The van der Waals surface area contributed by atoms with Crippen LogP contribution in [-0.4, -0.2) is 0 Å². The Morgan fingerprint density at radius 3 is 2.13 bits per heavy atom. The summed E-state index contributed by atoms with van der Waals surface area (Å²) in [6.07, 6.45) is 19.4. The Morgan fingerprint density at radius 2 is 1.58 bits per heavy atom. The van der Waals surface area contributed by atoms with Gasteiger partial charge in [-0.25, -0.2) is 0 Å². The second-order valence-electron chi connectivity index (χ2n) is 7.34. The maximum atomic E-state index is 4.09. The standard InChI is InChI=1S/C27H33N.C3H8/c1-7-14-25(8-2)19-20-27(9-3)28-24(6)21-22(4)15-13-16-23(5)26-17-11-10-12-18-26;1-3-2/h8-13,15-21,28H,2-3,6-7,14H2,1,4-5H3;3H2,1-2H3/b15-13-,22-21+,23-16+,25-19-,27-20+;. The van der Waals surface area contributed by atoms with Crippen LogP contribution in [0.5, 0.6) is 0 Å². The Hall–Kier alpha value is -3.06. The van der Waals surface area contributed by atoms with Crippen molar-refractivity contribution in [2.45, 2.75) is 53.9 Å². The molecule has 0 saturated heterocycles. The topological polar surface area (TPSA) is 12.0 Å². The molecule has 31 heavy (non-hydrogen) atoms. The molecule has 1 nitrogen and oxygen atoms in total. The molecule has 0 aliphatic carbocycles. The molecule has 1 aromatic carbocycles. The fraction of sp³-hybridized carbons (Fsp3) is 0.267. The maximum absolute atomic E-state index is 4.09. The molecular formula is C30H41N. The minimum Gasteiger partial charge on any atom is -0.356 e. The molecule has 0 aliphatic rings. The Bertz CT molecular complexity index is 826. The number of allylic oxidation sites excluding steroid dienone is 11. The van der Waals surface area contributed by atoms with E-state index in [2.05, 4.69) is 108 Å². The molecule has 1 heteroatoms. The number of hydrogen-bond acceptors (Lipinski definition) is 1. The first kappa shape index (κ1) is 27.9. The van der Waals surface area contributed by atoms with Crippen LogP contribution in [0.1, 0.15) is 59.4 Å². The van der Waals surface area contributed by atoms with Crippen molar-refractivity contribution in [1.82, 2.24) is 5.32 Å². The molecule has 0 radical (unpaired) electrons. The van der Waals surface area contributed by atoms with Crippen LogP contribution in [0.4, 0.5) is 0 Å². The van der Waals surface area contributed by atoms with Crippen molar-refractivity contribution in [1.29, 1.82) is 0 Å². The third-order valence-corrected chi connectivity index (χ3v) is 4.14. The fourth-order valence-electron chi connectivity index (χ4n) is 2.59. The Kier molecular flexibility index (Phi) is 16.0. The van der Waals surface area contributed by atoms with Crippen LogP contribution < -0.4 is 5.32 Å². The molecule has 0 aliphatic heterocycles.